The van der Waals surface area contributed by atoms with Crippen molar-refractivity contribution in [3.63, 3.8) is 0 Å². The molecule has 82 valence electrons. The first-order valence-corrected chi connectivity index (χ1v) is 5.28. The Labute approximate surface area is 99.0 Å². The van der Waals surface area contributed by atoms with Gasteiger partial charge in [0.1, 0.15) is 10.8 Å². The highest BCUT2D eigenvalue weighted by atomic mass is 35.5. The number of nitrogens with zero attached hydrogens (tertiary/aromatic N) is 2. The summed E-state index contributed by atoms with van der Waals surface area (Å²) >= 11 is 11.6. The summed E-state index contributed by atoms with van der Waals surface area (Å²) in [6, 6.07) is 3.21. The van der Waals surface area contributed by atoms with Crippen molar-refractivity contribution in [2.24, 2.45) is 0 Å². The standard InChI is InChI=1S/C10H12Cl2N2O/c1-6(2)14(3)10(15)9-7(11)4-5-8(12)13-9/h4-6H,1-3H3. The Hall–Kier alpha value is -0.800. The first-order valence-electron chi connectivity index (χ1n) is 4.52. The summed E-state index contributed by atoms with van der Waals surface area (Å²) < 4.78 is 0. The van der Waals surface area contributed by atoms with Crippen molar-refractivity contribution in [3.8, 4) is 0 Å². The summed E-state index contributed by atoms with van der Waals surface area (Å²) in [6.45, 7) is 3.83. The number of pyridine rings is 1. The maximum atomic E-state index is 11.9. The third kappa shape index (κ3) is 2.83. The van der Waals surface area contributed by atoms with E-state index in [4.69, 9.17) is 23.2 Å². The summed E-state index contributed by atoms with van der Waals surface area (Å²) in [5.74, 6) is -0.225. The summed E-state index contributed by atoms with van der Waals surface area (Å²) in [4.78, 5) is 17.4. The third-order valence-electron chi connectivity index (χ3n) is 2.11. The SMILES string of the molecule is CC(C)N(C)C(=O)c1nc(Cl)ccc1Cl. The van der Waals surface area contributed by atoms with Crippen molar-refractivity contribution in [1.82, 2.24) is 9.88 Å². The lowest BCUT2D eigenvalue weighted by atomic mass is 10.2. The molecule has 5 heteroatoms. The van der Waals surface area contributed by atoms with Gasteiger partial charge in [-0.2, -0.15) is 0 Å². The van der Waals surface area contributed by atoms with Crippen LogP contribution in [0, 0.1) is 0 Å². The van der Waals surface area contributed by atoms with Gasteiger partial charge in [0.15, 0.2) is 0 Å². The fourth-order valence-corrected chi connectivity index (χ4v) is 1.30. The van der Waals surface area contributed by atoms with Gasteiger partial charge in [-0.1, -0.05) is 23.2 Å². The fraction of sp³-hybridized carbons (Fsp3) is 0.400. The van der Waals surface area contributed by atoms with Gasteiger partial charge in [-0.15, -0.1) is 0 Å². The third-order valence-corrected chi connectivity index (χ3v) is 2.63. The molecule has 1 heterocycles. The van der Waals surface area contributed by atoms with E-state index in [-0.39, 0.29) is 22.8 Å². The van der Waals surface area contributed by atoms with Crippen molar-refractivity contribution in [3.05, 3.63) is 28.0 Å². The highest BCUT2D eigenvalue weighted by Gasteiger charge is 2.18. The molecule has 0 aliphatic heterocycles. The normalized spacial score (nSPS) is 10.5. The van der Waals surface area contributed by atoms with Gasteiger partial charge in [0.05, 0.1) is 5.02 Å². The van der Waals surface area contributed by atoms with E-state index in [1.165, 1.54) is 0 Å². The van der Waals surface area contributed by atoms with E-state index in [0.717, 1.165) is 0 Å². The van der Waals surface area contributed by atoms with Gasteiger partial charge in [0, 0.05) is 13.1 Å². The highest BCUT2D eigenvalue weighted by Crippen LogP contribution is 2.18. The lowest BCUT2D eigenvalue weighted by Gasteiger charge is -2.21. The Bertz CT molecular complexity index is 380. The van der Waals surface area contributed by atoms with Crippen LogP contribution in [0.3, 0.4) is 0 Å². The molecule has 15 heavy (non-hydrogen) atoms. The number of carbonyl (C=O) groups is 1. The molecule has 0 radical (unpaired) electrons. The molecular formula is C10H12Cl2N2O. The Morgan fingerprint density at radius 3 is 2.53 bits per heavy atom. The zero-order valence-electron chi connectivity index (χ0n) is 8.79. The zero-order chi connectivity index (χ0) is 11.6. The molecule has 3 nitrogen and oxygen atoms in total. The Morgan fingerprint density at radius 2 is 2.00 bits per heavy atom. The molecule has 0 spiro atoms. The predicted molar refractivity (Wildman–Crippen MR) is 61.5 cm³/mol. The van der Waals surface area contributed by atoms with E-state index in [1.54, 1.807) is 24.1 Å². The quantitative estimate of drug-likeness (QED) is 0.753. The van der Waals surface area contributed by atoms with Crippen molar-refractivity contribution in [2.45, 2.75) is 19.9 Å². The van der Waals surface area contributed by atoms with Gasteiger partial charge < -0.3 is 4.90 Å². The molecule has 0 aromatic carbocycles. The second-order valence-electron chi connectivity index (χ2n) is 3.47. The van der Waals surface area contributed by atoms with E-state index in [9.17, 15) is 4.79 Å². The van der Waals surface area contributed by atoms with Crippen molar-refractivity contribution in [2.75, 3.05) is 7.05 Å². The first-order chi connectivity index (χ1) is 6.93. The van der Waals surface area contributed by atoms with Crippen LogP contribution < -0.4 is 0 Å². The summed E-state index contributed by atoms with van der Waals surface area (Å²) in [5, 5.41) is 0.580. The first kappa shape index (κ1) is 12.3. The molecule has 1 amide bonds. The second-order valence-corrected chi connectivity index (χ2v) is 4.27. The smallest absolute Gasteiger partial charge is 0.274 e. The molecule has 0 bridgehead atoms. The van der Waals surface area contributed by atoms with Crippen LogP contribution >= 0.6 is 23.2 Å². The van der Waals surface area contributed by atoms with E-state index in [0.29, 0.717) is 5.02 Å². The number of hydrogen-bond acceptors (Lipinski definition) is 2. The molecule has 1 rings (SSSR count). The van der Waals surface area contributed by atoms with Crippen molar-refractivity contribution in [1.29, 1.82) is 0 Å². The number of amides is 1. The van der Waals surface area contributed by atoms with Crippen LogP contribution in [0.2, 0.25) is 10.2 Å². The molecule has 0 N–H and O–H groups in total. The summed E-state index contributed by atoms with van der Waals surface area (Å²) in [6.07, 6.45) is 0. The summed E-state index contributed by atoms with van der Waals surface area (Å²) in [5.41, 5.74) is 0.195. The maximum Gasteiger partial charge on any atom is 0.274 e. The average Bonchev–Trinajstić information content (AvgIpc) is 2.19. The molecule has 0 aliphatic rings. The highest BCUT2D eigenvalue weighted by molar-refractivity contribution is 6.34. The largest absolute Gasteiger partial charge is 0.338 e. The van der Waals surface area contributed by atoms with Gasteiger partial charge in [-0.3, -0.25) is 4.79 Å². The molecular weight excluding hydrogens is 235 g/mol. The number of hydrogen-bond donors (Lipinski definition) is 0. The lowest BCUT2D eigenvalue weighted by Crippen LogP contribution is -2.33. The van der Waals surface area contributed by atoms with E-state index in [2.05, 4.69) is 4.98 Å². The zero-order valence-corrected chi connectivity index (χ0v) is 10.3. The second kappa shape index (κ2) is 4.81. The number of rotatable bonds is 2. The van der Waals surface area contributed by atoms with Crippen LogP contribution in [0.5, 0.6) is 0 Å². The molecule has 0 saturated heterocycles. The van der Waals surface area contributed by atoms with Crippen molar-refractivity contribution < 1.29 is 4.79 Å². The van der Waals surface area contributed by atoms with Gasteiger partial charge in [0.2, 0.25) is 0 Å². The molecule has 1 aromatic rings. The monoisotopic (exact) mass is 246 g/mol. The average molecular weight is 247 g/mol. The van der Waals surface area contributed by atoms with Gasteiger partial charge in [0.25, 0.3) is 5.91 Å². The topological polar surface area (TPSA) is 33.2 Å². The minimum Gasteiger partial charge on any atom is -0.338 e. The summed E-state index contributed by atoms with van der Waals surface area (Å²) in [7, 11) is 1.70. The lowest BCUT2D eigenvalue weighted by molar-refractivity contribution is 0.0749. The van der Waals surface area contributed by atoms with Crippen LogP contribution in [0.25, 0.3) is 0 Å². The van der Waals surface area contributed by atoms with Crippen LogP contribution in [-0.4, -0.2) is 28.9 Å². The minimum atomic E-state index is -0.225. The number of aromatic nitrogens is 1. The van der Waals surface area contributed by atoms with Gasteiger partial charge in [-0.05, 0) is 26.0 Å². The predicted octanol–water partition coefficient (Wildman–Crippen LogP) is 2.87. The Morgan fingerprint density at radius 1 is 1.40 bits per heavy atom. The van der Waals surface area contributed by atoms with Crippen LogP contribution in [-0.2, 0) is 0 Å². The molecule has 0 atom stereocenters. The molecule has 1 aromatic heterocycles. The Kier molecular flexibility index (Phi) is 3.94. The van der Waals surface area contributed by atoms with E-state index < -0.39 is 0 Å². The van der Waals surface area contributed by atoms with Gasteiger partial charge >= 0.3 is 0 Å². The van der Waals surface area contributed by atoms with E-state index >= 15 is 0 Å². The number of halogens is 2. The maximum absolute atomic E-state index is 11.9. The van der Waals surface area contributed by atoms with Crippen LogP contribution in [0.4, 0.5) is 0 Å². The van der Waals surface area contributed by atoms with Crippen molar-refractivity contribution >= 4 is 29.1 Å². The van der Waals surface area contributed by atoms with Crippen LogP contribution in [0.1, 0.15) is 24.3 Å². The molecule has 0 unspecified atom stereocenters. The number of carbonyl (C=O) groups excluding carboxylic acids is 1. The van der Waals surface area contributed by atoms with Gasteiger partial charge in [-0.25, -0.2) is 4.98 Å². The molecule has 0 fully saturated rings. The fourth-order valence-electron chi connectivity index (χ4n) is 0.970. The van der Waals surface area contributed by atoms with E-state index in [1.807, 2.05) is 13.8 Å². The molecule has 0 aliphatic carbocycles. The van der Waals surface area contributed by atoms with Crippen LogP contribution in [0.15, 0.2) is 12.1 Å². The minimum absolute atomic E-state index is 0.0920. The Balaban J connectivity index is 3.05. The molecule has 0 saturated carbocycles.